The van der Waals surface area contributed by atoms with Crippen molar-refractivity contribution in [2.24, 2.45) is 23.7 Å². The van der Waals surface area contributed by atoms with Crippen LogP contribution in [0.15, 0.2) is 0 Å². The van der Waals surface area contributed by atoms with Crippen LogP contribution in [0.1, 0.15) is 41.5 Å². The van der Waals surface area contributed by atoms with E-state index < -0.39 is 0 Å². The summed E-state index contributed by atoms with van der Waals surface area (Å²) in [6, 6.07) is 0. The van der Waals surface area contributed by atoms with Gasteiger partial charge in [0.25, 0.3) is 0 Å². The van der Waals surface area contributed by atoms with Gasteiger partial charge in [-0.2, -0.15) is 0 Å². The summed E-state index contributed by atoms with van der Waals surface area (Å²) in [5, 5.41) is 0. The number of rotatable bonds is 5. The van der Waals surface area contributed by atoms with Crippen LogP contribution in [0.4, 0.5) is 0 Å². The number of hydrogen-bond acceptors (Lipinski definition) is 2. The summed E-state index contributed by atoms with van der Waals surface area (Å²) >= 11 is 0. The van der Waals surface area contributed by atoms with Crippen LogP contribution in [-0.4, -0.2) is 11.6 Å². The topological polar surface area (TPSA) is 34.1 Å². The van der Waals surface area contributed by atoms with Crippen molar-refractivity contribution in [2.45, 2.75) is 41.5 Å². The molecule has 0 spiro atoms. The zero-order valence-electron chi connectivity index (χ0n) is 10.1. The predicted molar refractivity (Wildman–Crippen MR) is 58.0 cm³/mol. The highest BCUT2D eigenvalue weighted by atomic mass is 16.1. The zero-order valence-corrected chi connectivity index (χ0v) is 10.1. The van der Waals surface area contributed by atoms with Crippen LogP contribution in [0.2, 0.25) is 0 Å². The first-order valence-electron chi connectivity index (χ1n) is 5.36. The summed E-state index contributed by atoms with van der Waals surface area (Å²) in [6.45, 7) is 11.2. The number of carbonyl (C=O) groups is 2. The van der Waals surface area contributed by atoms with Gasteiger partial charge in [0.15, 0.2) is 0 Å². The van der Waals surface area contributed by atoms with Gasteiger partial charge in [0.05, 0.1) is 0 Å². The van der Waals surface area contributed by atoms with Crippen molar-refractivity contribution in [3.63, 3.8) is 0 Å². The number of carbonyl (C=O) groups excluding carboxylic acids is 2. The van der Waals surface area contributed by atoms with Gasteiger partial charge < -0.3 is 0 Å². The van der Waals surface area contributed by atoms with Crippen LogP contribution >= 0.6 is 0 Å². The molecular formula is C12H22O2. The van der Waals surface area contributed by atoms with Crippen molar-refractivity contribution in [1.82, 2.24) is 0 Å². The van der Waals surface area contributed by atoms with Crippen LogP contribution in [-0.2, 0) is 9.59 Å². The monoisotopic (exact) mass is 198 g/mol. The molecule has 0 unspecified atom stereocenters. The maximum atomic E-state index is 11.7. The van der Waals surface area contributed by atoms with Gasteiger partial charge in [-0.1, -0.05) is 41.5 Å². The molecule has 2 nitrogen and oxygen atoms in total. The van der Waals surface area contributed by atoms with Gasteiger partial charge in [-0.15, -0.1) is 0 Å². The Morgan fingerprint density at radius 1 is 0.643 bits per heavy atom. The van der Waals surface area contributed by atoms with E-state index in [0.29, 0.717) is 0 Å². The molecule has 0 saturated carbocycles. The van der Waals surface area contributed by atoms with Crippen LogP contribution in [0.5, 0.6) is 0 Å². The minimum atomic E-state index is -0.148. The molecule has 0 rings (SSSR count). The Kier molecular flexibility index (Phi) is 5.03. The van der Waals surface area contributed by atoms with E-state index in [9.17, 15) is 9.59 Å². The molecule has 82 valence electrons. The minimum Gasteiger partial charge on any atom is -0.299 e. The van der Waals surface area contributed by atoms with E-state index in [-0.39, 0.29) is 35.2 Å². The predicted octanol–water partition coefficient (Wildman–Crippen LogP) is 2.71. The molecule has 0 fully saturated rings. The van der Waals surface area contributed by atoms with Gasteiger partial charge in [0, 0.05) is 23.7 Å². The van der Waals surface area contributed by atoms with Crippen LogP contribution in [0.3, 0.4) is 0 Å². The van der Waals surface area contributed by atoms with Crippen LogP contribution in [0, 0.1) is 23.7 Å². The molecular weight excluding hydrogens is 176 g/mol. The highest BCUT2D eigenvalue weighted by Crippen LogP contribution is 2.20. The molecule has 0 N–H and O–H groups in total. The number of Topliss-reactive ketones (excluding diaryl/α,β-unsaturated/α-hetero) is 2. The standard InChI is InChI=1S/C12H22O2/c1-7(2)11(13)9(5)10(6)12(14)8(3)4/h7-10H,1-6H3/t9-,10-/m0/s1. The van der Waals surface area contributed by atoms with E-state index in [1.807, 2.05) is 41.5 Å². The van der Waals surface area contributed by atoms with Crippen LogP contribution < -0.4 is 0 Å². The molecule has 0 heterocycles. The van der Waals surface area contributed by atoms with E-state index in [0.717, 1.165) is 0 Å². The third-order valence-electron chi connectivity index (χ3n) is 2.79. The van der Waals surface area contributed by atoms with Gasteiger partial charge in [-0.05, 0) is 0 Å². The second-order valence-electron chi connectivity index (χ2n) is 4.69. The van der Waals surface area contributed by atoms with Crippen molar-refractivity contribution in [1.29, 1.82) is 0 Å². The molecule has 0 aromatic rings. The largest absolute Gasteiger partial charge is 0.299 e. The van der Waals surface area contributed by atoms with Crippen molar-refractivity contribution >= 4 is 11.6 Å². The molecule has 14 heavy (non-hydrogen) atoms. The Bertz CT molecular complexity index is 192. The zero-order chi connectivity index (χ0) is 11.5. The van der Waals surface area contributed by atoms with Crippen molar-refractivity contribution in [3.05, 3.63) is 0 Å². The molecule has 0 amide bonds. The average molecular weight is 198 g/mol. The molecule has 0 aliphatic carbocycles. The molecule has 0 aromatic heterocycles. The Morgan fingerprint density at radius 3 is 1.00 bits per heavy atom. The van der Waals surface area contributed by atoms with Gasteiger partial charge in [-0.3, -0.25) is 9.59 Å². The van der Waals surface area contributed by atoms with Crippen LogP contribution in [0.25, 0.3) is 0 Å². The molecule has 0 aliphatic rings. The lowest BCUT2D eigenvalue weighted by Gasteiger charge is -2.20. The highest BCUT2D eigenvalue weighted by molar-refractivity contribution is 5.90. The van der Waals surface area contributed by atoms with Gasteiger partial charge in [0.2, 0.25) is 0 Å². The second kappa shape index (κ2) is 5.28. The van der Waals surface area contributed by atoms with Crippen molar-refractivity contribution < 1.29 is 9.59 Å². The molecule has 0 saturated heterocycles. The summed E-state index contributed by atoms with van der Waals surface area (Å²) in [7, 11) is 0. The number of ketones is 2. The third kappa shape index (κ3) is 3.24. The SMILES string of the molecule is CC(C)C(=O)[C@@H](C)[C@H](C)C(=O)C(C)C. The average Bonchev–Trinajstić information content (AvgIpc) is 2.12. The lowest BCUT2D eigenvalue weighted by molar-refractivity contribution is -0.134. The van der Waals surface area contributed by atoms with Crippen molar-refractivity contribution in [3.8, 4) is 0 Å². The smallest absolute Gasteiger partial charge is 0.138 e. The summed E-state index contributed by atoms with van der Waals surface area (Å²) in [6.07, 6.45) is 0. The Balaban J connectivity index is 4.46. The summed E-state index contributed by atoms with van der Waals surface area (Å²) in [5.74, 6) is 0.118. The fourth-order valence-corrected chi connectivity index (χ4v) is 1.54. The molecule has 2 atom stereocenters. The highest BCUT2D eigenvalue weighted by Gasteiger charge is 2.28. The Hall–Kier alpha value is -0.660. The first-order valence-corrected chi connectivity index (χ1v) is 5.36. The van der Waals surface area contributed by atoms with E-state index in [4.69, 9.17) is 0 Å². The first kappa shape index (κ1) is 13.3. The van der Waals surface area contributed by atoms with Crippen molar-refractivity contribution in [2.75, 3.05) is 0 Å². The maximum Gasteiger partial charge on any atom is 0.138 e. The first-order chi connectivity index (χ1) is 6.29. The fraction of sp³-hybridized carbons (Fsp3) is 0.833. The molecule has 0 bridgehead atoms. The second-order valence-corrected chi connectivity index (χ2v) is 4.69. The molecule has 2 heteroatoms. The quantitative estimate of drug-likeness (QED) is 0.680. The Morgan fingerprint density at radius 2 is 0.857 bits per heavy atom. The maximum absolute atomic E-state index is 11.7. The molecule has 0 radical (unpaired) electrons. The minimum absolute atomic E-state index is 0.0208. The number of hydrogen-bond donors (Lipinski definition) is 0. The fourth-order valence-electron chi connectivity index (χ4n) is 1.54. The van der Waals surface area contributed by atoms with E-state index >= 15 is 0 Å². The van der Waals surface area contributed by atoms with Gasteiger partial charge >= 0.3 is 0 Å². The molecule has 0 aliphatic heterocycles. The lowest BCUT2D eigenvalue weighted by atomic mass is 9.81. The van der Waals surface area contributed by atoms with E-state index in [2.05, 4.69) is 0 Å². The normalized spacial score (nSPS) is 15.7. The summed E-state index contributed by atoms with van der Waals surface area (Å²) in [5.41, 5.74) is 0. The molecule has 0 aromatic carbocycles. The summed E-state index contributed by atoms with van der Waals surface area (Å²) < 4.78 is 0. The van der Waals surface area contributed by atoms with E-state index in [1.165, 1.54) is 0 Å². The Labute approximate surface area is 87.1 Å². The third-order valence-corrected chi connectivity index (χ3v) is 2.79. The van der Waals surface area contributed by atoms with Gasteiger partial charge in [0.1, 0.15) is 11.6 Å². The van der Waals surface area contributed by atoms with E-state index in [1.54, 1.807) is 0 Å². The lowest BCUT2D eigenvalue weighted by Crippen LogP contribution is -2.30. The summed E-state index contributed by atoms with van der Waals surface area (Å²) in [4.78, 5) is 23.3. The van der Waals surface area contributed by atoms with Gasteiger partial charge in [-0.25, -0.2) is 0 Å².